The molecule has 2 aliphatic heterocycles. The Kier molecular flexibility index (Phi) is 5.21. The number of benzene rings is 2. The second-order valence-electron chi connectivity index (χ2n) is 6.93. The minimum atomic E-state index is -0.289. The molecule has 2 fully saturated rings. The van der Waals surface area contributed by atoms with Crippen molar-refractivity contribution >= 4 is 50.7 Å². The van der Waals surface area contributed by atoms with E-state index in [-0.39, 0.29) is 24.3 Å². The highest BCUT2D eigenvalue weighted by molar-refractivity contribution is 9.10. The lowest BCUT2D eigenvalue weighted by Gasteiger charge is -2.35. The van der Waals surface area contributed by atoms with Crippen molar-refractivity contribution < 1.29 is 14.5 Å². The summed E-state index contributed by atoms with van der Waals surface area (Å²) >= 11 is 9.48. The van der Waals surface area contributed by atoms with Crippen molar-refractivity contribution in [3.05, 3.63) is 58.0 Å². The summed E-state index contributed by atoms with van der Waals surface area (Å²) in [5, 5.41) is 0.726. The zero-order chi connectivity index (χ0) is 19.0. The Morgan fingerprint density at radius 1 is 1.00 bits per heavy atom. The van der Waals surface area contributed by atoms with Gasteiger partial charge in [0.05, 0.1) is 38.3 Å². The minimum Gasteiger partial charge on any atom is -0.360 e. The molecule has 0 unspecified atom stereocenters. The van der Waals surface area contributed by atoms with Gasteiger partial charge < -0.3 is 9.80 Å². The molecule has 2 heterocycles. The van der Waals surface area contributed by atoms with E-state index in [1.54, 1.807) is 12.1 Å². The number of quaternary nitrogens is 1. The van der Waals surface area contributed by atoms with Crippen LogP contribution in [0.15, 0.2) is 53.0 Å². The summed E-state index contributed by atoms with van der Waals surface area (Å²) in [4.78, 5) is 30.2. The van der Waals surface area contributed by atoms with E-state index in [1.807, 2.05) is 30.3 Å². The first-order chi connectivity index (χ1) is 13.0. The topological polar surface area (TPSA) is 45.1 Å². The van der Waals surface area contributed by atoms with Crippen LogP contribution in [0.25, 0.3) is 0 Å². The molecular weight excluding hydrogens is 430 g/mol. The Balaban J connectivity index is 1.43. The molecule has 2 aromatic carbocycles. The molecule has 4 rings (SSSR count). The van der Waals surface area contributed by atoms with Crippen LogP contribution in [0.3, 0.4) is 0 Å². The fraction of sp³-hybridized carbons (Fsp3) is 0.300. The first kappa shape index (κ1) is 18.5. The monoisotopic (exact) mass is 448 g/mol. The van der Waals surface area contributed by atoms with E-state index in [1.165, 1.54) is 9.80 Å². The summed E-state index contributed by atoms with van der Waals surface area (Å²) < 4.78 is 0.921. The fourth-order valence-corrected chi connectivity index (χ4v) is 4.33. The standard InChI is InChI=1S/C20H19BrClN3O2/c21-14-4-6-16(7-5-14)25-19(26)13-18(20(25)27)24-10-8-23(9-11-24)17-3-1-2-15(22)12-17/h1-7,12,18H,8-11,13H2/p+1/t18-/m1/s1. The van der Waals surface area contributed by atoms with Crippen molar-refractivity contribution in [3.8, 4) is 0 Å². The normalized spacial score (nSPS) is 21.2. The third-order valence-corrected chi connectivity index (χ3v) is 6.07. The Bertz CT molecular complexity index is 866. The Morgan fingerprint density at radius 2 is 1.70 bits per heavy atom. The number of imide groups is 1. The predicted octanol–water partition coefficient (Wildman–Crippen LogP) is 2.14. The van der Waals surface area contributed by atoms with Crippen molar-refractivity contribution in [2.24, 2.45) is 0 Å². The molecule has 2 aromatic rings. The molecule has 1 atom stereocenters. The van der Waals surface area contributed by atoms with Gasteiger partial charge in [-0.1, -0.05) is 33.6 Å². The molecule has 0 aliphatic carbocycles. The van der Waals surface area contributed by atoms with Gasteiger partial charge in [-0.15, -0.1) is 0 Å². The lowest BCUT2D eigenvalue weighted by Crippen LogP contribution is -3.19. The lowest BCUT2D eigenvalue weighted by atomic mass is 10.1. The summed E-state index contributed by atoms with van der Waals surface area (Å²) in [6, 6.07) is 14.8. The molecule has 0 aromatic heterocycles. The number of rotatable bonds is 3. The molecule has 2 amide bonds. The second kappa shape index (κ2) is 7.62. The molecule has 27 heavy (non-hydrogen) atoms. The van der Waals surface area contributed by atoms with Crippen molar-refractivity contribution in [1.29, 1.82) is 0 Å². The highest BCUT2D eigenvalue weighted by Gasteiger charge is 2.46. The highest BCUT2D eigenvalue weighted by atomic mass is 79.9. The van der Waals surface area contributed by atoms with Crippen molar-refractivity contribution in [2.75, 3.05) is 36.0 Å². The number of nitrogens with zero attached hydrogens (tertiary/aromatic N) is 2. The third kappa shape index (κ3) is 3.74. The Hall–Kier alpha value is -1.89. The third-order valence-electron chi connectivity index (χ3n) is 5.30. The number of carbonyl (C=O) groups is 2. The molecule has 0 saturated carbocycles. The van der Waals surface area contributed by atoms with E-state index in [9.17, 15) is 9.59 Å². The first-order valence-electron chi connectivity index (χ1n) is 9.00. The molecule has 140 valence electrons. The van der Waals surface area contributed by atoms with E-state index in [2.05, 4.69) is 26.9 Å². The molecule has 0 bridgehead atoms. The van der Waals surface area contributed by atoms with Gasteiger partial charge >= 0.3 is 0 Å². The number of carbonyl (C=O) groups excluding carboxylic acids is 2. The van der Waals surface area contributed by atoms with Crippen LogP contribution in [0.5, 0.6) is 0 Å². The summed E-state index contributed by atoms with van der Waals surface area (Å²) in [6.45, 7) is 3.33. The van der Waals surface area contributed by atoms with Crippen LogP contribution in [0.2, 0.25) is 5.02 Å². The largest absolute Gasteiger partial charge is 0.360 e. The van der Waals surface area contributed by atoms with Gasteiger partial charge in [-0.3, -0.25) is 9.59 Å². The average Bonchev–Trinajstić information content (AvgIpc) is 2.97. The van der Waals surface area contributed by atoms with E-state index < -0.39 is 0 Å². The number of hydrogen-bond donors (Lipinski definition) is 1. The minimum absolute atomic E-state index is 0.0893. The summed E-state index contributed by atoms with van der Waals surface area (Å²) in [7, 11) is 0. The quantitative estimate of drug-likeness (QED) is 0.730. The van der Waals surface area contributed by atoms with Gasteiger partial charge in [0, 0.05) is 15.2 Å². The number of nitrogens with one attached hydrogen (secondary N) is 1. The summed E-state index contributed by atoms with van der Waals surface area (Å²) in [5.74, 6) is -0.203. The maximum absolute atomic E-state index is 12.9. The van der Waals surface area contributed by atoms with Gasteiger partial charge in [-0.2, -0.15) is 0 Å². The number of piperazine rings is 1. The van der Waals surface area contributed by atoms with Crippen LogP contribution < -0.4 is 14.7 Å². The van der Waals surface area contributed by atoms with Gasteiger partial charge in [-0.25, -0.2) is 4.90 Å². The van der Waals surface area contributed by atoms with Crippen LogP contribution in [-0.2, 0) is 9.59 Å². The van der Waals surface area contributed by atoms with Crippen molar-refractivity contribution in [2.45, 2.75) is 12.5 Å². The summed E-state index contributed by atoms with van der Waals surface area (Å²) in [6.07, 6.45) is 0.279. The Morgan fingerprint density at radius 3 is 2.37 bits per heavy atom. The van der Waals surface area contributed by atoms with Crippen LogP contribution in [0.1, 0.15) is 6.42 Å². The molecule has 2 saturated heterocycles. The van der Waals surface area contributed by atoms with Crippen molar-refractivity contribution in [1.82, 2.24) is 0 Å². The number of hydrogen-bond acceptors (Lipinski definition) is 3. The van der Waals surface area contributed by atoms with Crippen LogP contribution in [-0.4, -0.2) is 44.0 Å². The Labute approximate surface area is 171 Å². The van der Waals surface area contributed by atoms with Gasteiger partial charge in [0.15, 0.2) is 6.04 Å². The predicted molar refractivity (Wildman–Crippen MR) is 109 cm³/mol. The van der Waals surface area contributed by atoms with E-state index >= 15 is 0 Å². The number of halogens is 2. The molecule has 0 radical (unpaired) electrons. The van der Waals surface area contributed by atoms with Crippen LogP contribution >= 0.6 is 27.5 Å². The van der Waals surface area contributed by atoms with Gasteiger partial charge in [0.2, 0.25) is 5.91 Å². The molecule has 5 nitrogen and oxygen atoms in total. The maximum Gasteiger partial charge on any atom is 0.292 e. The zero-order valence-electron chi connectivity index (χ0n) is 14.7. The first-order valence-corrected chi connectivity index (χ1v) is 10.2. The van der Waals surface area contributed by atoms with Crippen LogP contribution in [0.4, 0.5) is 11.4 Å². The zero-order valence-corrected chi connectivity index (χ0v) is 17.0. The average molecular weight is 450 g/mol. The molecule has 0 spiro atoms. The molecule has 1 N–H and O–H groups in total. The molecular formula is C20H20BrClN3O2+. The molecule has 2 aliphatic rings. The van der Waals surface area contributed by atoms with E-state index in [4.69, 9.17) is 11.6 Å². The maximum atomic E-state index is 12.9. The van der Waals surface area contributed by atoms with Gasteiger partial charge in [-0.05, 0) is 42.5 Å². The van der Waals surface area contributed by atoms with E-state index in [0.29, 0.717) is 5.69 Å². The number of amides is 2. The SMILES string of the molecule is O=C1C[C@@H]([NH+]2CCN(c3cccc(Cl)c3)CC2)C(=O)N1c1ccc(Br)cc1. The molecule has 7 heteroatoms. The van der Waals surface area contributed by atoms with Crippen LogP contribution in [0, 0.1) is 0 Å². The van der Waals surface area contributed by atoms with Crippen molar-refractivity contribution in [3.63, 3.8) is 0 Å². The number of anilines is 2. The second-order valence-corrected chi connectivity index (χ2v) is 8.28. The van der Waals surface area contributed by atoms with Gasteiger partial charge in [0.1, 0.15) is 0 Å². The lowest BCUT2D eigenvalue weighted by molar-refractivity contribution is -0.915. The fourth-order valence-electron chi connectivity index (χ4n) is 3.89. The van der Waals surface area contributed by atoms with Gasteiger partial charge in [0.25, 0.3) is 5.91 Å². The van der Waals surface area contributed by atoms with E-state index in [0.717, 1.165) is 41.4 Å². The summed E-state index contributed by atoms with van der Waals surface area (Å²) in [5.41, 5.74) is 1.75. The highest BCUT2D eigenvalue weighted by Crippen LogP contribution is 2.24. The smallest absolute Gasteiger partial charge is 0.292 e.